The van der Waals surface area contributed by atoms with E-state index in [1.54, 1.807) is 0 Å². The van der Waals surface area contributed by atoms with Gasteiger partial charge in [0.05, 0.1) is 16.7 Å². The lowest BCUT2D eigenvalue weighted by molar-refractivity contribution is 1.18. The fourth-order valence-electron chi connectivity index (χ4n) is 8.18. The van der Waals surface area contributed by atoms with Crippen LogP contribution in [0.25, 0.3) is 75.6 Å². The van der Waals surface area contributed by atoms with Gasteiger partial charge in [-0.25, -0.2) is 9.98 Å². The van der Waals surface area contributed by atoms with Crippen LogP contribution in [-0.4, -0.2) is 16.1 Å². The molecular formula is C54H39N3S. The lowest BCUT2D eigenvalue weighted by Crippen LogP contribution is -2.06. The molecule has 0 amide bonds. The molecule has 0 spiro atoms. The Labute approximate surface area is 342 Å². The number of benzene rings is 8. The van der Waals surface area contributed by atoms with Crippen LogP contribution in [0.5, 0.6) is 0 Å². The van der Waals surface area contributed by atoms with E-state index in [4.69, 9.17) is 9.98 Å². The van der Waals surface area contributed by atoms with Crippen molar-refractivity contribution in [2.24, 2.45) is 9.98 Å². The third-order valence-electron chi connectivity index (χ3n) is 11.0. The summed E-state index contributed by atoms with van der Waals surface area (Å²) in [4.78, 5) is 10.2. The molecule has 0 aliphatic carbocycles. The number of aliphatic imine (C=N–C) groups is 2. The predicted molar refractivity (Wildman–Crippen MR) is 250 cm³/mol. The van der Waals surface area contributed by atoms with Crippen LogP contribution in [0, 0.1) is 0 Å². The zero-order valence-electron chi connectivity index (χ0n) is 32.1. The zero-order valence-corrected chi connectivity index (χ0v) is 33.0. The van der Waals surface area contributed by atoms with Gasteiger partial charge < -0.3 is 4.57 Å². The van der Waals surface area contributed by atoms with Crippen molar-refractivity contribution in [3.8, 4) is 27.9 Å². The molecule has 10 aromatic rings. The van der Waals surface area contributed by atoms with Crippen LogP contribution >= 0.6 is 11.3 Å². The number of hydrogen-bond acceptors (Lipinski definition) is 2. The number of thiophene rings is 1. The Kier molecular flexibility index (Phi) is 9.17. The van der Waals surface area contributed by atoms with Gasteiger partial charge in [0.15, 0.2) is 5.84 Å². The number of para-hydroxylation sites is 2. The normalized spacial score (nSPS) is 12.2. The van der Waals surface area contributed by atoms with Crippen molar-refractivity contribution in [1.29, 1.82) is 0 Å². The molecule has 0 saturated heterocycles. The van der Waals surface area contributed by atoms with E-state index in [0.717, 1.165) is 34.4 Å². The van der Waals surface area contributed by atoms with Crippen LogP contribution in [0.15, 0.2) is 211 Å². The van der Waals surface area contributed by atoms with Crippen molar-refractivity contribution in [2.75, 3.05) is 0 Å². The van der Waals surface area contributed by atoms with E-state index in [9.17, 15) is 0 Å². The molecule has 8 aromatic carbocycles. The molecule has 276 valence electrons. The quantitative estimate of drug-likeness (QED) is 0.109. The van der Waals surface area contributed by atoms with Crippen molar-refractivity contribution >= 4 is 70.6 Å². The molecule has 2 aromatic heterocycles. The van der Waals surface area contributed by atoms with E-state index < -0.39 is 0 Å². The fraction of sp³-hybridized carbons (Fsp3) is 0.0370. The van der Waals surface area contributed by atoms with Gasteiger partial charge in [0.25, 0.3) is 0 Å². The summed E-state index contributed by atoms with van der Waals surface area (Å²) in [5, 5.41) is 5.04. The molecule has 0 fully saturated rings. The second kappa shape index (κ2) is 15.1. The highest BCUT2D eigenvalue weighted by Gasteiger charge is 2.17. The first-order chi connectivity index (χ1) is 28.6. The van der Waals surface area contributed by atoms with Crippen molar-refractivity contribution < 1.29 is 0 Å². The number of amidine groups is 1. The largest absolute Gasteiger partial charge is 0.309 e. The molecule has 0 unspecified atom stereocenters. The monoisotopic (exact) mass is 761 g/mol. The SMILES string of the molecule is C=C(N=C(N=C(CC)c1ccccc1)c1ccccc1)c1cccc(-c2cccc3c2sc2c(-c4ccc5c(c4)c4ccccc4n5-c4ccccc4)cccc23)c1. The average Bonchev–Trinajstić information content (AvgIpc) is 3.84. The van der Waals surface area contributed by atoms with Gasteiger partial charge in [-0.3, -0.25) is 0 Å². The Balaban J connectivity index is 1.06. The van der Waals surface area contributed by atoms with Gasteiger partial charge in [0, 0.05) is 53.5 Å². The molecule has 10 rings (SSSR count). The molecule has 0 N–H and O–H groups in total. The third kappa shape index (κ3) is 6.34. The van der Waals surface area contributed by atoms with Gasteiger partial charge in [-0.05, 0) is 70.6 Å². The maximum atomic E-state index is 5.13. The summed E-state index contributed by atoms with van der Waals surface area (Å²) in [5.41, 5.74) is 13.0. The highest BCUT2D eigenvalue weighted by Crippen LogP contribution is 2.45. The second-order valence-electron chi connectivity index (χ2n) is 14.5. The maximum absolute atomic E-state index is 5.13. The second-order valence-corrected chi connectivity index (χ2v) is 15.5. The van der Waals surface area contributed by atoms with Crippen LogP contribution in [0.4, 0.5) is 0 Å². The summed E-state index contributed by atoms with van der Waals surface area (Å²) in [6, 6.07) is 68.8. The molecule has 58 heavy (non-hydrogen) atoms. The number of hydrogen-bond donors (Lipinski definition) is 0. The first-order valence-corrected chi connectivity index (χ1v) is 20.6. The summed E-state index contributed by atoms with van der Waals surface area (Å²) >= 11 is 1.87. The Morgan fingerprint density at radius 1 is 0.483 bits per heavy atom. The van der Waals surface area contributed by atoms with E-state index in [1.807, 2.05) is 47.7 Å². The van der Waals surface area contributed by atoms with E-state index in [-0.39, 0.29) is 0 Å². The van der Waals surface area contributed by atoms with Gasteiger partial charge in [-0.1, -0.05) is 171 Å². The first-order valence-electron chi connectivity index (χ1n) is 19.7. The van der Waals surface area contributed by atoms with Gasteiger partial charge in [-0.2, -0.15) is 0 Å². The Morgan fingerprint density at radius 2 is 1.03 bits per heavy atom. The highest BCUT2D eigenvalue weighted by molar-refractivity contribution is 7.26. The molecule has 2 heterocycles. The van der Waals surface area contributed by atoms with E-state index in [1.165, 1.54) is 64.4 Å². The smallest absolute Gasteiger partial charge is 0.160 e. The average molecular weight is 762 g/mol. The van der Waals surface area contributed by atoms with E-state index in [0.29, 0.717) is 11.5 Å². The molecule has 4 heteroatoms. The summed E-state index contributed by atoms with van der Waals surface area (Å²) in [6.07, 6.45) is 0.784. The topological polar surface area (TPSA) is 29.6 Å². The lowest BCUT2D eigenvalue weighted by Gasteiger charge is -2.10. The highest BCUT2D eigenvalue weighted by atomic mass is 32.1. The Hall–Kier alpha value is -7.14. The minimum absolute atomic E-state index is 0.652. The zero-order chi connectivity index (χ0) is 39.0. The van der Waals surface area contributed by atoms with Gasteiger partial charge >= 0.3 is 0 Å². The summed E-state index contributed by atoms with van der Waals surface area (Å²) in [6.45, 7) is 6.61. The van der Waals surface area contributed by atoms with Crippen LogP contribution in [0.2, 0.25) is 0 Å². The van der Waals surface area contributed by atoms with E-state index >= 15 is 0 Å². The fourth-order valence-corrected chi connectivity index (χ4v) is 9.55. The number of fused-ring (bicyclic) bond motifs is 6. The van der Waals surface area contributed by atoms with Gasteiger partial charge in [0.2, 0.25) is 0 Å². The van der Waals surface area contributed by atoms with Crippen molar-refractivity contribution in [3.05, 3.63) is 217 Å². The maximum Gasteiger partial charge on any atom is 0.160 e. The number of nitrogens with zero attached hydrogens (tertiary/aromatic N) is 3. The summed E-state index contributed by atoms with van der Waals surface area (Å²) < 4.78 is 4.93. The van der Waals surface area contributed by atoms with E-state index in [2.05, 4.69) is 176 Å². The molecule has 0 bridgehead atoms. The van der Waals surface area contributed by atoms with Crippen molar-refractivity contribution in [2.45, 2.75) is 13.3 Å². The first kappa shape index (κ1) is 35.3. The van der Waals surface area contributed by atoms with Crippen LogP contribution < -0.4 is 0 Å². The Bertz CT molecular complexity index is 3210. The van der Waals surface area contributed by atoms with Gasteiger partial charge in [-0.15, -0.1) is 11.3 Å². The number of rotatable bonds is 8. The molecular weight excluding hydrogens is 723 g/mol. The van der Waals surface area contributed by atoms with Crippen LogP contribution in [0.3, 0.4) is 0 Å². The van der Waals surface area contributed by atoms with Crippen LogP contribution in [-0.2, 0) is 0 Å². The Morgan fingerprint density at radius 3 is 1.72 bits per heavy atom. The van der Waals surface area contributed by atoms with Gasteiger partial charge in [0.1, 0.15) is 0 Å². The standard InChI is InChI=1S/C54H39N3S/c1-3-49(37-18-7-4-8-19-37)56-54(38-20-9-5-10-21-38)55-36(2)39-22-15-23-40(34-39)43-27-16-29-46-47-30-17-28-44(53(47)58-52(43)46)41-32-33-51-48(35-41)45-26-13-14-31-50(45)57(51)42-24-11-6-12-25-42/h4-35H,2-3H2,1H3. The minimum Gasteiger partial charge on any atom is -0.309 e. The molecule has 0 atom stereocenters. The van der Waals surface area contributed by atoms with Crippen LogP contribution in [0.1, 0.15) is 30.0 Å². The molecule has 0 saturated carbocycles. The molecule has 0 aliphatic heterocycles. The molecule has 0 aliphatic rings. The molecule has 0 radical (unpaired) electrons. The third-order valence-corrected chi connectivity index (χ3v) is 12.3. The summed E-state index contributed by atoms with van der Waals surface area (Å²) in [5.74, 6) is 0.652. The minimum atomic E-state index is 0.652. The summed E-state index contributed by atoms with van der Waals surface area (Å²) in [7, 11) is 0. The van der Waals surface area contributed by atoms with Crippen molar-refractivity contribution in [3.63, 3.8) is 0 Å². The lowest BCUT2D eigenvalue weighted by atomic mass is 9.98. The van der Waals surface area contributed by atoms with Crippen molar-refractivity contribution in [1.82, 2.24) is 4.57 Å². The molecule has 3 nitrogen and oxygen atoms in total. The number of aromatic nitrogens is 1. The predicted octanol–water partition coefficient (Wildman–Crippen LogP) is 14.8.